The van der Waals surface area contributed by atoms with Crippen molar-refractivity contribution in [2.75, 3.05) is 6.61 Å². The lowest BCUT2D eigenvalue weighted by atomic mass is 9.92. The van der Waals surface area contributed by atoms with E-state index in [-0.39, 0.29) is 12.9 Å². The van der Waals surface area contributed by atoms with Gasteiger partial charge in [-0.1, -0.05) is 0 Å². The van der Waals surface area contributed by atoms with Crippen molar-refractivity contribution in [2.24, 2.45) is 0 Å². The zero-order chi connectivity index (χ0) is 7.68. The van der Waals surface area contributed by atoms with Crippen LogP contribution in [0.4, 0.5) is 0 Å². The minimum absolute atomic E-state index is 0.113. The van der Waals surface area contributed by atoms with Crippen molar-refractivity contribution in [1.82, 2.24) is 0 Å². The van der Waals surface area contributed by atoms with Crippen LogP contribution in [0.15, 0.2) is 11.1 Å². The van der Waals surface area contributed by atoms with E-state index in [1.54, 1.807) is 0 Å². The van der Waals surface area contributed by atoms with Crippen LogP contribution in [0.1, 0.15) is 25.7 Å². The molecule has 1 fully saturated rings. The maximum Gasteiger partial charge on any atom is 0.246 e. The van der Waals surface area contributed by atoms with Gasteiger partial charge in [0.25, 0.3) is 0 Å². The molecule has 11 heavy (non-hydrogen) atoms. The summed E-state index contributed by atoms with van der Waals surface area (Å²) < 4.78 is 0. The van der Waals surface area contributed by atoms with Crippen LogP contribution in [0.5, 0.6) is 0 Å². The van der Waals surface area contributed by atoms with Gasteiger partial charge in [-0.15, -0.1) is 0 Å². The molecule has 3 nitrogen and oxygen atoms in total. The second-order valence-corrected chi connectivity index (χ2v) is 3.02. The second kappa shape index (κ2) is 2.93. The third-order valence-corrected chi connectivity index (χ3v) is 2.30. The summed E-state index contributed by atoms with van der Waals surface area (Å²) in [5, 5.41) is 8.97. The first kappa shape index (κ1) is 7.28. The monoisotopic (exact) mass is 156 g/mol. The second-order valence-electron chi connectivity index (χ2n) is 3.02. The molecule has 0 aromatic heterocycles. The molecular weight excluding hydrogens is 144 g/mol. The van der Waals surface area contributed by atoms with Gasteiger partial charge in [0.2, 0.25) is 6.29 Å². The normalized spacial score (nSPS) is 25.9. The van der Waals surface area contributed by atoms with Gasteiger partial charge in [-0.3, -0.25) is 0 Å². The Morgan fingerprint density at radius 3 is 2.64 bits per heavy atom. The highest BCUT2D eigenvalue weighted by atomic mass is 17.4. The SMILES string of the molecule is OCC1=C(C2OO2)CCCC1. The minimum atomic E-state index is -0.113. The number of aliphatic hydroxyl groups is 1. The Balaban J connectivity index is 2.13. The van der Waals surface area contributed by atoms with Crippen LogP contribution < -0.4 is 0 Å². The highest BCUT2D eigenvalue weighted by Crippen LogP contribution is 2.33. The van der Waals surface area contributed by atoms with Gasteiger partial charge in [0, 0.05) is 0 Å². The Morgan fingerprint density at radius 2 is 2.00 bits per heavy atom. The number of hydrogen-bond donors (Lipinski definition) is 1. The Bertz CT molecular complexity index is 182. The van der Waals surface area contributed by atoms with E-state index in [0.29, 0.717) is 0 Å². The fourth-order valence-corrected chi connectivity index (χ4v) is 1.60. The molecule has 0 unspecified atom stereocenters. The Morgan fingerprint density at radius 1 is 1.27 bits per heavy atom. The summed E-state index contributed by atoms with van der Waals surface area (Å²) in [5.41, 5.74) is 2.30. The van der Waals surface area contributed by atoms with E-state index in [2.05, 4.69) is 0 Å². The van der Waals surface area contributed by atoms with E-state index in [0.717, 1.165) is 18.4 Å². The lowest BCUT2D eigenvalue weighted by Gasteiger charge is -2.15. The first-order valence-electron chi connectivity index (χ1n) is 4.05. The van der Waals surface area contributed by atoms with E-state index in [9.17, 15) is 0 Å². The first-order chi connectivity index (χ1) is 5.42. The number of hydrogen-bond acceptors (Lipinski definition) is 3. The molecule has 0 aromatic rings. The predicted octanol–water partition coefficient (Wildman–Crippen LogP) is 1.14. The molecule has 0 radical (unpaired) electrons. The van der Waals surface area contributed by atoms with Gasteiger partial charge in [0.05, 0.1) is 6.61 Å². The third-order valence-electron chi connectivity index (χ3n) is 2.30. The topological polar surface area (TPSA) is 45.3 Å². The molecular formula is C8H12O3. The molecule has 0 atom stereocenters. The van der Waals surface area contributed by atoms with Crippen molar-refractivity contribution in [2.45, 2.75) is 32.0 Å². The molecule has 2 aliphatic rings. The highest BCUT2D eigenvalue weighted by molar-refractivity contribution is 5.20. The van der Waals surface area contributed by atoms with Crippen molar-refractivity contribution < 1.29 is 14.9 Å². The summed E-state index contributed by atoms with van der Waals surface area (Å²) in [6.07, 6.45) is 4.31. The average Bonchev–Trinajstić information content (AvgIpc) is 2.87. The molecule has 1 aliphatic carbocycles. The fourth-order valence-electron chi connectivity index (χ4n) is 1.60. The van der Waals surface area contributed by atoms with Gasteiger partial charge in [0.1, 0.15) is 0 Å². The van der Waals surface area contributed by atoms with E-state index in [1.165, 1.54) is 18.4 Å². The zero-order valence-electron chi connectivity index (χ0n) is 6.38. The van der Waals surface area contributed by atoms with Gasteiger partial charge in [-0.05, 0) is 36.8 Å². The van der Waals surface area contributed by atoms with Crippen molar-refractivity contribution in [3.05, 3.63) is 11.1 Å². The first-order valence-corrected chi connectivity index (χ1v) is 4.05. The lowest BCUT2D eigenvalue weighted by molar-refractivity contribution is 0.0850. The molecule has 2 rings (SSSR count). The van der Waals surface area contributed by atoms with Crippen LogP contribution in [0.3, 0.4) is 0 Å². The molecule has 62 valence electrons. The molecule has 0 aromatic carbocycles. The molecule has 0 amide bonds. The highest BCUT2D eigenvalue weighted by Gasteiger charge is 2.33. The van der Waals surface area contributed by atoms with E-state index < -0.39 is 0 Å². The fraction of sp³-hybridized carbons (Fsp3) is 0.750. The van der Waals surface area contributed by atoms with E-state index in [1.807, 2.05) is 0 Å². The van der Waals surface area contributed by atoms with E-state index >= 15 is 0 Å². The standard InChI is InChI=1S/C8H12O3/c9-5-6-3-1-2-4-7(6)8-10-11-8/h8-9H,1-5H2. The van der Waals surface area contributed by atoms with Crippen LogP contribution >= 0.6 is 0 Å². The summed E-state index contributed by atoms with van der Waals surface area (Å²) in [7, 11) is 0. The summed E-state index contributed by atoms with van der Waals surface area (Å²) >= 11 is 0. The Kier molecular flexibility index (Phi) is 1.94. The molecule has 1 saturated heterocycles. The minimum Gasteiger partial charge on any atom is -0.392 e. The van der Waals surface area contributed by atoms with Crippen LogP contribution in [0.2, 0.25) is 0 Å². The molecule has 0 bridgehead atoms. The van der Waals surface area contributed by atoms with Crippen molar-refractivity contribution in [3.63, 3.8) is 0 Å². The van der Waals surface area contributed by atoms with Crippen LogP contribution in [-0.2, 0) is 9.78 Å². The van der Waals surface area contributed by atoms with Crippen molar-refractivity contribution in [3.8, 4) is 0 Å². The molecule has 1 N–H and O–H groups in total. The zero-order valence-corrected chi connectivity index (χ0v) is 6.38. The number of rotatable bonds is 2. The van der Waals surface area contributed by atoms with E-state index in [4.69, 9.17) is 14.9 Å². The summed E-state index contributed by atoms with van der Waals surface area (Å²) in [4.78, 5) is 9.42. The van der Waals surface area contributed by atoms with Gasteiger partial charge in [0.15, 0.2) is 0 Å². The molecule has 1 heterocycles. The molecule has 3 heteroatoms. The predicted molar refractivity (Wildman–Crippen MR) is 38.5 cm³/mol. The smallest absolute Gasteiger partial charge is 0.246 e. The van der Waals surface area contributed by atoms with Crippen LogP contribution in [0.25, 0.3) is 0 Å². The van der Waals surface area contributed by atoms with Crippen LogP contribution in [0, 0.1) is 0 Å². The molecule has 1 aliphatic heterocycles. The molecule has 0 saturated carbocycles. The average molecular weight is 156 g/mol. The maximum atomic E-state index is 8.97. The van der Waals surface area contributed by atoms with Gasteiger partial charge in [-0.2, -0.15) is 9.78 Å². The van der Waals surface area contributed by atoms with Crippen LogP contribution in [-0.4, -0.2) is 18.0 Å². The maximum absolute atomic E-state index is 8.97. The van der Waals surface area contributed by atoms with Crippen molar-refractivity contribution >= 4 is 0 Å². The Hall–Kier alpha value is -0.380. The lowest BCUT2D eigenvalue weighted by Crippen LogP contribution is -2.07. The molecule has 0 spiro atoms. The Labute approximate surface area is 65.5 Å². The van der Waals surface area contributed by atoms with Gasteiger partial charge >= 0.3 is 0 Å². The summed E-state index contributed by atoms with van der Waals surface area (Å²) in [5.74, 6) is 0. The summed E-state index contributed by atoms with van der Waals surface area (Å²) in [6, 6.07) is 0. The largest absolute Gasteiger partial charge is 0.392 e. The van der Waals surface area contributed by atoms with Crippen molar-refractivity contribution in [1.29, 1.82) is 0 Å². The quantitative estimate of drug-likeness (QED) is 0.370. The van der Waals surface area contributed by atoms with Gasteiger partial charge < -0.3 is 5.11 Å². The van der Waals surface area contributed by atoms with Gasteiger partial charge in [-0.25, -0.2) is 0 Å². The number of aliphatic hydroxyl groups excluding tert-OH is 1. The summed E-state index contributed by atoms with van der Waals surface area (Å²) in [6.45, 7) is 0.165. The third kappa shape index (κ3) is 1.45.